The number of fused-ring (bicyclic) bond motifs is 2. The highest BCUT2D eigenvalue weighted by molar-refractivity contribution is 6.29. The molecule has 0 spiro atoms. The topological polar surface area (TPSA) is 50.2 Å². The molecule has 1 saturated carbocycles. The molecule has 1 N–H and O–H groups in total. The fraction of sp³-hybridized carbons (Fsp3) is 0.300. The van der Waals surface area contributed by atoms with E-state index in [9.17, 15) is 9.90 Å². The number of aromatic nitrogens is 1. The van der Waals surface area contributed by atoms with Gasteiger partial charge in [-0.15, -0.1) is 0 Å². The monoisotopic (exact) mass is 339 g/mol. The number of hydrogen-bond donors (Lipinski definition) is 1. The number of rotatable bonds is 2. The van der Waals surface area contributed by atoms with E-state index in [2.05, 4.69) is 4.98 Å². The van der Waals surface area contributed by atoms with Crippen LogP contribution in [-0.4, -0.2) is 15.9 Å². The van der Waals surface area contributed by atoms with Crippen molar-refractivity contribution < 1.29 is 9.90 Å². The molecule has 24 heavy (non-hydrogen) atoms. The van der Waals surface area contributed by atoms with Gasteiger partial charge in [-0.2, -0.15) is 0 Å². The van der Waals surface area contributed by atoms with Crippen LogP contribution in [0.3, 0.4) is 0 Å². The summed E-state index contributed by atoms with van der Waals surface area (Å²) in [7, 11) is 0. The Morgan fingerprint density at radius 1 is 1.12 bits per heavy atom. The Labute approximate surface area is 146 Å². The van der Waals surface area contributed by atoms with Crippen LogP contribution in [0.5, 0.6) is 0 Å². The van der Waals surface area contributed by atoms with Gasteiger partial charge in [0.1, 0.15) is 10.9 Å². The lowest BCUT2D eigenvalue weighted by Crippen LogP contribution is -2.21. The van der Waals surface area contributed by atoms with Crippen LogP contribution in [0.15, 0.2) is 42.3 Å². The molecule has 0 aliphatic heterocycles. The highest BCUT2D eigenvalue weighted by atomic mass is 35.5. The largest absolute Gasteiger partial charge is 0.511 e. The van der Waals surface area contributed by atoms with Gasteiger partial charge in [0.25, 0.3) is 0 Å². The van der Waals surface area contributed by atoms with Gasteiger partial charge in [0.15, 0.2) is 5.78 Å². The van der Waals surface area contributed by atoms with Crippen LogP contribution in [0.4, 0.5) is 0 Å². The molecule has 2 aliphatic carbocycles. The average Bonchev–Trinajstić information content (AvgIpc) is 3.03. The van der Waals surface area contributed by atoms with Crippen molar-refractivity contribution in [3.63, 3.8) is 0 Å². The number of halogens is 1. The van der Waals surface area contributed by atoms with Gasteiger partial charge in [0, 0.05) is 23.6 Å². The van der Waals surface area contributed by atoms with Crippen molar-refractivity contribution in [2.24, 2.45) is 11.8 Å². The molecule has 2 aliphatic rings. The predicted molar refractivity (Wildman–Crippen MR) is 94.8 cm³/mol. The molecule has 1 fully saturated rings. The minimum Gasteiger partial charge on any atom is -0.511 e. The number of carbonyl (C=O) groups is 1. The molecule has 0 amide bonds. The molecule has 122 valence electrons. The molecule has 2 aromatic rings. The van der Waals surface area contributed by atoms with E-state index in [1.165, 1.54) is 0 Å². The van der Waals surface area contributed by atoms with Crippen molar-refractivity contribution in [2.75, 3.05) is 0 Å². The number of pyridine rings is 1. The zero-order chi connectivity index (χ0) is 16.8. The Morgan fingerprint density at radius 2 is 1.88 bits per heavy atom. The second-order valence-electron chi connectivity index (χ2n) is 6.73. The van der Waals surface area contributed by atoms with Crippen LogP contribution in [0, 0.1) is 18.8 Å². The van der Waals surface area contributed by atoms with Crippen molar-refractivity contribution in [2.45, 2.75) is 26.2 Å². The molecule has 1 aromatic heterocycles. The first-order chi connectivity index (χ1) is 11.5. The van der Waals surface area contributed by atoms with Crippen molar-refractivity contribution in [3.05, 3.63) is 58.6 Å². The van der Waals surface area contributed by atoms with Gasteiger partial charge in [-0.1, -0.05) is 23.7 Å². The lowest BCUT2D eigenvalue weighted by molar-refractivity contribution is -0.117. The molecule has 2 bridgehead atoms. The molecule has 3 nitrogen and oxygen atoms in total. The van der Waals surface area contributed by atoms with Crippen LogP contribution in [0.25, 0.3) is 16.7 Å². The van der Waals surface area contributed by atoms with E-state index in [1.807, 2.05) is 31.2 Å². The molecule has 4 heteroatoms. The van der Waals surface area contributed by atoms with Gasteiger partial charge in [-0.3, -0.25) is 4.79 Å². The molecular weight excluding hydrogens is 322 g/mol. The summed E-state index contributed by atoms with van der Waals surface area (Å²) in [5.41, 5.74) is 4.26. The Morgan fingerprint density at radius 3 is 2.62 bits per heavy atom. The first kappa shape index (κ1) is 15.4. The molecule has 1 heterocycles. The van der Waals surface area contributed by atoms with Crippen LogP contribution in [0.1, 0.15) is 30.4 Å². The summed E-state index contributed by atoms with van der Waals surface area (Å²) in [6.07, 6.45) is 4.31. The maximum absolute atomic E-state index is 12.8. The standard InChI is InChI=1S/C20H18ClNO2/c1-11-2-3-12(15-6-7-17(21)22-10-15)9-16(11)18-19(23)13-4-5-14(8-13)20(18)24/h2-3,6-7,9-10,13-14,23H,4-5,8H2,1H3. The number of aryl methyl sites for hydroxylation is 1. The highest BCUT2D eigenvalue weighted by Crippen LogP contribution is 2.46. The molecule has 0 radical (unpaired) electrons. The number of allylic oxidation sites excluding steroid dienone is 2. The normalized spacial score (nSPS) is 23.0. The average molecular weight is 340 g/mol. The van der Waals surface area contributed by atoms with E-state index >= 15 is 0 Å². The number of hydrogen-bond acceptors (Lipinski definition) is 3. The van der Waals surface area contributed by atoms with E-state index in [0.29, 0.717) is 10.7 Å². The predicted octanol–water partition coefficient (Wildman–Crippen LogP) is 4.98. The quantitative estimate of drug-likeness (QED) is 0.785. The van der Waals surface area contributed by atoms with Gasteiger partial charge >= 0.3 is 0 Å². The maximum Gasteiger partial charge on any atom is 0.169 e. The maximum atomic E-state index is 12.8. The summed E-state index contributed by atoms with van der Waals surface area (Å²) in [5, 5.41) is 11.1. The third kappa shape index (κ3) is 2.44. The van der Waals surface area contributed by atoms with E-state index in [1.54, 1.807) is 12.3 Å². The minimum atomic E-state index is 0.0705. The lowest BCUT2D eigenvalue weighted by atomic mass is 9.81. The third-order valence-electron chi connectivity index (χ3n) is 5.26. The smallest absolute Gasteiger partial charge is 0.169 e. The number of aliphatic hydroxyl groups is 1. The summed E-state index contributed by atoms with van der Waals surface area (Å²) < 4.78 is 0. The summed E-state index contributed by atoms with van der Waals surface area (Å²) in [6, 6.07) is 9.63. The van der Waals surface area contributed by atoms with Crippen LogP contribution >= 0.6 is 11.6 Å². The van der Waals surface area contributed by atoms with E-state index in [-0.39, 0.29) is 23.4 Å². The SMILES string of the molecule is Cc1ccc(-c2ccc(Cl)nc2)cc1C1=C(O)C2CCC(C2)C1=O. The fourth-order valence-electron chi connectivity index (χ4n) is 3.89. The summed E-state index contributed by atoms with van der Waals surface area (Å²) in [6.45, 7) is 1.98. The Hall–Kier alpha value is -2.13. The van der Waals surface area contributed by atoms with Crippen LogP contribution in [-0.2, 0) is 4.79 Å². The minimum absolute atomic E-state index is 0.0705. The summed E-state index contributed by atoms with van der Waals surface area (Å²) in [4.78, 5) is 16.9. The Kier molecular flexibility index (Phi) is 3.69. The van der Waals surface area contributed by atoms with E-state index in [0.717, 1.165) is 41.5 Å². The zero-order valence-corrected chi connectivity index (χ0v) is 14.2. The Balaban J connectivity index is 1.84. The molecular formula is C20H18ClNO2. The number of ketones is 1. The van der Waals surface area contributed by atoms with Crippen LogP contribution < -0.4 is 0 Å². The highest BCUT2D eigenvalue weighted by Gasteiger charge is 2.41. The second kappa shape index (κ2) is 5.75. The fourth-order valence-corrected chi connectivity index (χ4v) is 4.00. The van der Waals surface area contributed by atoms with Gasteiger partial charge < -0.3 is 5.11 Å². The van der Waals surface area contributed by atoms with Crippen molar-refractivity contribution >= 4 is 23.0 Å². The van der Waals surface area contributed by atoms with Crippen LogP contribution in [0.2, 0.25) is 5.15 Å². The molecule has 2 unspecified atom stereocenters. The van der Waals surface area contributed by atoms with Gasteiger partial charge in [0.2, 0.25) is 0 Å². The van der Waals surface area contributed by atoms with Crippen molar-refractivity contribution in [1.82, 2.24) is 4.98 Å². The van der Waals surface area contributed by atoms with Gasteiger partial charge in [0.05, 0.1) is 5.57 Å². The van der Waals surface area contributed by atoms with Crippen molar-refractivity contribution in [1.29, 1.82) is 0 Å². The summed E-state index contributed by atoms with van der Waals surface area (Å²) >= 11 is 5.86. The van der Waals surface area contributed by atoms with E-state index in [4.69, 9.17) is 11.6 Å². The van der Waals surface area contributed by atoms with Crippen molar-refractivity contribution in [3.8, 4) is 11.1 Å². The Bertz CT molecular complexity index is 854. The zero-order valence-electron chi connectivity index (χ0n) is 13.4. The number of nitrogens with zero attached hydrogens (tertiary/aromatic N) is 1. The number of benzene rings is 1. The third-order valence-corrected chi connectivity index (χ3v) is 5.48. The van der Waals surface area contributed by atoms with E-state index < -0.39 is 0 Å². The molecule has 1 aromatic carbocycles. The first-order valence-electron chi connectivity index (χ1n) is 8.25. The molecule has 2 atom stereocenters. The van der Waals surface area contributed by atoms with Gasteiger partial charge in [-0.05, 0) is 61.1 Å². The molecule has 0 saturated heterocycles. The number of aliphatic hydroxyl groups excluding tert-OH is 1. The number of Topliss-reactive ketones (excluding diaryl/α,β-unsaturated/α-hetero) is 1. The lowest BCUT2D eigenvalue weighted by Gasteiger charge is -2.23. The second-order valence-corrected chi connectivity index (χ2v) is 7.12. The number of carbonyl (C=O) groups excluding carboxylic acids is 1. The molecule has 4 rings (SSSR count). The summed E-state index contributed by atoms with van der Waals surface area (Å²) in [5.74, 6) is 0.586. The van der Waals surface area contributed by atoms with Gasteiger partial charge in [-0.25, -0.2) is 4.98 Å². The first-order valence-corrected chi connectivity index (χ1v) is 8.62.